The highest BCUT2D eigenvalue weighted by atomic mass is 16.3. The lowest BCUT2D eigenvalue weighted by Gasteiger charge is -2.62. The van der Waals surface area contributed by atoms with Crippen LogP contribution in [0.5, 0.6) is 0 Å². The number of hydrogen-bond acceptors (Lipinski definition) is 3. The van der Waals surface area contributed by atoms with E-state index in [2.05, 4.69) is 13.8 Å². The maximum absolute atomic E-state index is 12.2. The number of Topliss-reactive ketones (excluding diaryl/α,β-unsaturated/α-hetero) is 1. The third kappa shape index (κ3) is 2.19. The van der Waals surface area contributed by atoms with E-state index in [1.807, 2.05) is 0 Å². The van der Waals surface area contributed by atoms with Gasteiger partial charge in [0.25, 0.3) is 0 Å². The van der Waals surface area contributed by atoms with Crippen molar-refractivity contribution in [2.24, 2.45) is 46.2 Å². The molecule has 3 unspecified atom stereocenters. The molecule has 0 radical (unpaired) electrons. The fraction of sp³-hybridized carbons (Fsp3) is 0.952. The fourth-order valence-corrected chi connectivity index (χ4v) is 8.17. The van der Waals surface area contributed by atoms with Gasteiger partial charge in [0.15, 0.2) is 0 Å². The second-order valence-electron chi connectivity index (χ2n) is 10.1. The van der Waals surface area contributed by atoms with Gasteiger partial charge in [-0.1, -0.05) is 13.8 Å². The Morgan fingerprint density at radius 1 is 1.08 bits per heavy atom. The normalized spacial score (nSPS) is 57.0. The first kappa shape index (κ1) is 17.0. The molecule has 0 bridgehead atoms. The summed E-state index contributed by atoms with van der Waals surface area (Å²) in [6.45, 7) is 6.63. The summed E-state index contributed by atoms with van der Waals surface area (Å²) in [4.78, 5) is 12.2. The van der Waals surface area contributed by atoms with E-state index in [9.17, 15) is 9.90 Å². The Morgan fingerprint density at radius 3 is 2.54 bits per heavy atom. The third-order valence-corrected chi connectivity index (χ3v) is 9.13. The summed E-state index contributed by atoms with van der Waals surface area (Å²) in [5.74, 6) is 3.22. The van der Waals surface area contributed by atoms with Gasteiger partial charge in [0.1, 0.15) is 5.78 Å². The van der Waals surface area contributed by atoms with Gasteiger partial charge in [0.05, 0.1) is 6.10 Å². The Kier molecular flexibility index (Phi) is 3.93. The van der Waals surface area contributed by atoms with Gasteiger partial charge in [-0.3, -0.25) is 4.79 Å². The van der Waals surface area contributed by atoms with Crippen LogP contribution in [0.1, 0.15) is 72.1 Å². The monoisotopic (exact) mass is 333 g/mol. The summed E-state index contributed by atoms with van der Waals surface area (Å²) in [6, 6.07) is 0.222. The van der Waals surface area contributed by atoms with Gasteiger partial charge in [-0.25, -0.2) is 0 Å². The van der Waals surface area contributed by atoms with Crippen LogP contribution in [0, 0.1) is 40.4 Å². The van der Waals surface area contributed by atoms with Crippen molar-refractivity contribution in [3.05, 3.63) is 0 Å². The number of aliphatic hydroxyl groups excluding tert-OH is 1. The third-order valence-electron chi connectivity index (χ3n) is 9.13. The maximum Gasteiger partial charge on any atom is 0.133 e. The topological polar surface area (TPSA) is 63.3 Å². The molecule has 9 atom stereocenters. The Balaban J connectivity index is 1.67. The Hall–Kier alpha value is -0.410. The van der Waals surface area contributed by atoms with Crippen LogP contribution in [-0.4, -0.2) is 23.0 Å². The SMILES string of the molecule is CC(=O)[C@H]1CCC2[C@@H]3CCC4C[C@H](O)CC[C@]4(C)C3[C@@H](N)C[C@@]21C. The van der Waals surface area contributed by atoms with Crippen LogP contribution >= 0.6 is 0 Å². The predicted molar refractivity (Wildman–Crippen MR) is 95.3 cm³/mol. The van der Waals surface area contributed by atoms with Crippen LogP contribution in [0.4, 0.5) is 0 Å². The summed E-state index contributed by atoms with van der Waals surface area (Å²) in [6.07, 6.45) is 8.78. The van der Waals surface area contributed by atoms with E-state index >= 15 is 0 Å². The number of rotatable bonds is 1. The lowest BCUT2D eigenvalue weighted by Crippen LogP contribution is -2.61. The number of aliphatic hydroxyl groups is 1. The Morgan fingerprint density at radius 2 is 1.83 bits per heavy atom. The van der Waals surface area contributed by atoms with Crippen molar-refractivity contribution in [2.75, 3.05) is 0 Å². The first-order valence-electron chi connectivity index (χ1n) is 10.2. The van der Waals surface area contributed by atoms with E-state index in [1.54, 1.807) is 6.92 Å². The van der Waals surface area contributed by atoms with Gasteiger partial charge in [-0.15, -0.1) is 0 Å². The van der Waals surface area contributed by atoms with Crippen LogP contribution in [0.25, 0.3) is 0 Å². The zero-order valence-electron chi connectivity index (χ0n) is 15.6. The molecular formula is C21H35NO2. The Labute approximate surface area is 146 Å². The van der Waals surface area contributed by atoms with Gasteiger partial charge < -0.3 is 10.8 Å². The molecular weight excluding hydrogens is 298 g/mol. The summed E-state index contributed by atoms with van der Waals surface area (Å²) < 4.78 is 0. The summed E-state index contributed by atoms with van der Waals surface area (Å²) in [5.41, 5.74) is 7.28. The zero-order valence-corrected chi connectivity index (χ0v) is 15.6. The molecule has 4 aliphatic rings. The van der Waals surface area contributed by atoms with Crippen molar-refractivity contribution >= 4 is 5.78 Å². The highest BCUT2D eigenvalue weighted by Crippen LogP contribution is 2.67. The van der Waals surface area contributed by atoms with Gasteiger partial charge in [-0.2, -0.15) is 0 Å². The maximum atomic E-state index is 12.2. The van der Waals surface area contributed by atoms with Crippen LogP contribution < -0.4 is 5.73 Å². The van der Waals surface area contributed by atoms with E-state index in [0.29, 0.717) is 34.9 Å². The van der Waals surface area contributed by atoms with Crippen LogP contribution in [-0.2, 0) is 4.79 Å². The lowest BCUT2D eigenvalue weighted by molar-refractivity contribution is -0.143. The molecule has 4 fully saturated rings. The smallest absolute Gasteiger partial charge is 0.133 e. The first-order chi connectivity index (χ1) is 11.3. The van der Waals surface area contributed by atoms with Gasteiger partial charge >= 0.3 is 0 Å². The molecule has 0 aromatic rings. The molecule has 0 saturated heterocycles. The first-order valence-corrected chi connectivity index (χ1v) is 10.2. The number of nitrogens with two attached hydrogens (primary N) is 1. The van der Waals surface area contributed by atoms with Gasteiger partial charge in [-0.05, 0) is 92.8 Å². The number of carbonyl (C=O) groups excluding carboxylic acids is 1. The highest BCUT2D eigenvalue weighted by molar-refractivity contribution is 5.79. The molecule has 0 heterocycles. The summed E-state index contributed by atoms with van der Waals surface area (Å²) in [5, 5.41) is 10.1. The van der Waals surface area contributed by atoms with Crippen molar-refractivity contribution in [3.8, 4) is 0 Å². The van der Waals surface area contributed by atoms with Crippen LogP contribution in [0.2, 0.25) is 0 Å². The van der Waals surface area contributed by atoms with Crippen molar-refractivity contribution < 1.29 is 9.90 Å². The second kappa shape index (κ2) is 5.54. The number of ketones is 1. The van der Waals surface area contributed by atoms with E-state index < -0.39 is 0 Å². The molecule has 136 valence electrons. The molecule has 4 aliphatic carbocycles. The largest absolute Gasteiger partial charge is 0.393 e. The molecule has 4 saturated carbocycles. The van der Waals surface area contributed by atoms with Crippen molar-refractivity contribution in [2.45, 2.75) is 84.3 Å². The molecule has 0 aliphatic heterocycles. The fourth-order valence-electron chi connectivity index (χ4n) is 8.17. The minimum Gasteiger partial charge on any atom is -0.393 e. The van der Waals surface area contributed by atoms with Crippen LogP contribution in [0.3, 0.4) is 0 Å². The van der Waals surface area contributed by atoms with Gasteiger partial charge in [0.2, 0.25) is 0 Å². The number of hydrogen-bond donors (Lipinski definition) is 2. The minimum atomic E-state index is -0.0988. The van der Waals surface area contributed by atoms with Crippen molar-refractivity contribution in [3.63, 3.8) is 0 Å². The Bertz CT molecular complexity index is 534. The quantitative estimate of drug-likeness (QED) is 0.771. The standard InChI is InChI=1S/C21H35NO2/c1-12(23)16-6-7-17-15-5-4-13-10-14(24)8-9-20(13,2)19(15)18(22)11-21(16,17)3/h13-19,24H,4-11,22H2,1-3H3/t13?,14-,15+,16-,17?,18+,19?,20+,21-/m1/s1. The second-order valence-corrected chi connectivity index (χ2v) is 10.1. The molecule has 0 amide bonds. The van der Waals surface area contributed by atoms with E-state index in [-0.39, 0.29) is 23.5 Å². The molecule has 0 aromatic heterocycles. The zero-order chi connectivity index (χ0) is 17.3. The highest BCUT2D eigenvalue weighted by Gasteiger charge is 2.63. The van der Waals surface area contributed by atoms with E-state index in [1.165, 1.54) is 19.3 Å². The summed E-state index contributed by atoms with van der Waals surface area (Å²) in [7, 11) is 0. The lowest BCUT2D eigenvalue weighted by atomic mass is 9.43. The molecule has 0 aromatic carbocycles. The average molecular weight is 334 g/mol. The van der Waals surface area contributed by atoms with Crippen molar-refractivity contribution in [1.29, 1.82) is 0 Å². The van der Waals surface area contributed by atoms with E-state index in [4.69, 9.17) is 5.73 Å². The molecule has 4 rings (SSSR count). The number of fused-ring (bicyclic) bond motifs is 5. The van der Waals surface area contributed by atoms with E-state index in [0.717, 1.165) is 32.1 Å². The molecule has 0 spiro atoms. The molecule has 3 N–H and O–H groups in total. The minimum absolute atomic E-state index is 0.0988. The van der Waals surface area contributed by atoms with Crippen molar-refractivity contribution in [1.82, 2.24) is 0 Å². The average Bonchev–Trinajstić information content (AvgIpc) is 2.84. The van der Waals surface area contributed by atoms with Gasteiger partial charge in [0, 0.05) is 12.0 Å². The van der Waals surface area contributed by atoms with Crippen LogP contribution in [0.15, 0.2) is 0 Å². The molecule has 24 heavy (non-hydrogen) atoms. The molecule has 3 nitrogen and oxygen atoms in total. The number of carbonyl (C=O) groups is 1. The predicted octanol–water partition coefficient (Wildman–Crippen LogP) is 3.53. The summed E-state index contributed by atoms with van der Waals surface area (Å²) >= 11 is 0. The molecule has 3 heteroatoms.